The summed E-state index contributed by atoms with van der Waals surface area (Å²) in [6, 6.07) is 12.0. The maximum absolute atomic E-state index is 10.4. The highest BCUT2D eigenvalue weighted by Gasteiger charge is 1.93. The highest BCUT2D eigenvalue weighted by atomic mass is 16.1. The van der Waals surface area contributed by atoms with E-state index in [4.69, 9.17) is 11.1 Å². The SMILES string of the molecule is CC(=O)CCCCC(=N)N.CN.c1ccccc1. The Bertz CT molecular complexity index is 256. The smallest absolute Gasteiger partial charge is 0.129 e. The van der Waals surface area contributed by atoms with E-state index in [2.05, 4.69) is 5.73 Å². The van der Waals surface area contributed by atoms with Crippen LogP contribution in [0.1, 0.15) is 32.6 Å². The van der Waals surface area contributed by atoms with Crippen molar-refractivity contribution < 1.29 is 4.79 Å². The first-order chi connectivity index (χ1) is 8.63. The van der Waals surface area contributed by atoms with Gasteiger partial charge in [0.2, 0.25) is 0 Å². The molecule has 0 aliphatic rings. The van der Waals surface area contributed by atoms with Gasteiger partial charge in [0.1, 0.15) is 5.78 Å². The van der Waals surface area contributed by atoms with Crippen LogP contribution in [0.25, 0.3) is 0 Å². The molecule has 0 aliphatic heterocycles. The molecule has 1 aromatic rings. The lowest BCUT2D eigenvalue weighted by Crippen LogP contribution is -2.08. The fraction of sp³-hybridized carbons (Fsp3) is 0.429. The molecule has 1 rings (SSSR count). The molecular weight excluding hydrogens is 226 g/mol. The van der Waals surface area contributed by atoms with Crippen molar-refractivity contribution in [2.24, 2.45) is 11.5 Å². The zero-order valence-corrected chi connectivity index (χ0v) is 11.4. The summed E-state index contributed by atoms with van der Waals surface area (Å²) in [5, 5.41) is 6.87. The molecule has 4 nitrogen and oxygen atoms in total. The topological polar surface area (TPSA) is 93.0 Å². The number of rotatable bonds is 5. The van der Waals surface area contributed by atoms with Gasteiger partial charge in [-0.15, -0.1) is 0 Å². The summed E-state index contributed by atoms with van der Waals surface area (Å²) >= 11 is 0. The second-order valence-corrected chi connectivity index (χ2v) is 3.59. The zero-order chi connectivity index (χ0) is 14.2. The first-order valence-electron chi connectivity index (χ1n) is 6.03. The number of hydrogen-bond donors (Lipinski definition) is 3. The van der Waals surface area contributed by atoms with E-state index in [0.29, 0.717) is 12.8 Å². The summed E-state index contributed by atoms with van der Waals surface area (Å²) < 4.78 is 0. The van der Waals surface area contributed by atoms with Crippen LogP contribution in [0.15, 0.2) is 36.4 Å². The van der Waals surface area contributed by atoms with E-state index in [-0.39, 0.29) is 11.6 Å². The second kappa shape index (κ2) is 15.3. The first kappa shape index (κ1) is 18.7. The van der Waals surface area contributed by atoms with Crippen molar-refractivity contribution in [2.45, 2.75) is 32.6 Å². The van der Waals surface area contributed by atoms with Gasteiger partial charge >= 0.3 is 0 Å². The minimum atomic E-state index is 0.212. The quantitative estimate of drug-likeness (QED) is 0.426. The predicted molar refractivity (Wildman–Crippen MR) is 77.6 cm³/mol. The minimum absolute atomic E-state index is 0.212. The maximum atomic E-state index is 10.4. The van der Waals surface area contributed by atoms with Crippen molar-refractivity contribution in [1.82, 2.24) is 0 Å². The molecular formula is C14H25N3O. The van der Waals surface area contributed by atoms with E-state index >= 15 is 0 Å². The average Bonchev–Trinajstić information content (AvgIpc) is 2.39. The summed E-state index contributed by atoms with van der Waals surface area (Å²) in [7, 11) is 1.50. The monoisotopic (exact) mass is 251 g/mol. The summed E-state index contributed by atoms with van der Waals surface area (Å²) in [6.07, 6.45) is 2.95. The Morgan fingerprint density at radius 3 is 1.56 bits per heavy atom. The molecule has 0 radical (unpaired) electrons. The van der Waals surface area contributed by atoms with Crippen molar-refractivity contribution in [3.05, 3.63) is 36.4 Å². The fourth-order valence-corrected chi connectivity index (χ4v) is 1.07. The molecule has 102 valence electrons. The Morgan fingerprint density at radius 2 is 1.28 bits per heavy atom. The lowest BCUT2D eigenvalue weighted by atomic mass is 10.1. The predicted octanol–water partition coefficient (Wildman–Crippen LogP) is 2.33. The Hall–Kier alpha value is -1.68. The molecule has 4 heteroatoms. The van der Waals surface area contributed by atoms with Gasteiger partial charge < -0.3 is 16.3 Å². The lowest BCUT2D eigenvalue weighted by molar-refractivity contribution is -0.117. The van der Waals surface area contributed by atoms with Crippen LogP contribution in [0, 0.1) is 5.41 Å². The third-order valence-electron chi connectivity index (χ3n) is 1.89. The van der Waals surface area contributed by atoms with E-state index in [1.54, 1.807) is 6.92 Å². The number of Topliss-reactive ketones (excluding diaryl/α,β-unsaturated/α-hetero) is 1. The molecule has 0 heterocycles. The Balaban J connectivity index is 0. The average molecular weight is 251 g/mol. The van der Waals surface area contributed by atoms with Gasteiger partial charge in [0.25, 0.3) is 0 Å². The first-order valence-corrected chi connectivity index (χ1v) is 6.03. The van der Waals surface area contributed by atoms with Crippen LogP contribution in [0.5, 0.6) is 0 Å². The largest absolute Gasteiger partial charge is 0.388 e. The molecule has 0 atom stereocenters. The normalized spacial score (nSPS) is 8.17. The van der Waals surface area contributed by atoms with Gasteiger partial charge in [-0.05, 0) is 26.8 Å². The van der Waals surface area contributed by atoms with Gasteiger partial charge in [-0.1, -0.05) is 36.4 Å². The van der Waals surface area contributed by atoms with Crippen molar-refractivity contribution in [3.8, 4) is 0 Å². The molecule has 0 saturated heterocycles. The van der Waals surface area contributed by atoms with Gasteiger partial charge in [0.05, 0.1) is 5.84 Å². The fourth-order valence-electron chi connectivity index (χ4n) is 1.07. The zero-order valence-electron chi connectivity index (χ0n) is 11.4. The van der Waals surface area contributed by atoms with Gasteiger partial charge in [0.15, 0.2) is 0 Å². The van der Waals surface area contributed by atoms with Gasteiger partial charge in [-0.25, -0.2) is 0 Å². The lowest BCUT2D eigenvalue weighted by Gasteiger charge is -1.95. The molecule has 0 spiro atoms. The number of hydrogen-bond acceptors (Lipinski definition) is 3. The van der Waals surface area contributed by atoms with Crippen molar-refractivity contribution in [1.29, 1.82) is 5.41 Å². The maximum Gasteiger partial charge on any atom is 0.129 e. The molecule has 5 N–H and O–H groups in total. The number of ketones is 1. The van der Waals surface area contributed by atoms with Crippen LogP contribution in [-0.2, 0) is 4.79 Å². The molecule has 0 amide bonds. The molecule has 0 unspecified atom stereocenters. The van der Waals surface area contributed by atoms with Crippen LogP contribution in [0.4, 0.5) is 0 Å². The van der Waals surface area contributed by atoms with E-state index in [1.165, 1.54) is 7.05 Å². The second-order valence-electron chi connectivity index (χ2n) is 3.59. The Labute approximate surface area is 110 Å². The molecule has 0 bridgehead atoms. The molecule has 1 aromatic carbocycles. The molecule has 0 saturated carbocycles. The number of benzene rings is 1. The third kappa shape index (κ3) is 19.8. The van der Waals surface area contributed by atoms with Gasteiger partial charge in [-0.3, -0.25) is 5.41 Å². The standard InChI is InChI=1S/C7H14N2O.C6H6.CH5N/c1-6(10)4-2-3-5-7(8)9;1-2-4-6-5-3-1;1-2/h2-5H2,1H3,(H3,8,9);1-6H;2H2,1H3. The van der Waals surface area contributed by atoms with E-state index in [1.807, 2.05) is 36.4 Å². The molecule has 0 aliphatic carbocycles. The van der Waals surface area contributed by atoms with Gasteiger partial charge in [0, 0.05) is 12.8 Å². The summed E-state index contributed by atoms with van der Waals surface area (Å²) in [4.78, 5) is 10.4. The van der Waals surface area contributed by atoms with Crippen LogP contribution in [-0.4, -0.2) is 18.7 Å². The van der Waals surface area contributed by atoms with Crippen LogP contribution < -0.4 is 11.5 Å². The molecule has 0 fully saturated rings. The van der Waals surface area contributed by atoms with Gasteiger partial charge in [-0.2, -0.15) is 0 Å². The minimum Gasteiger partial charge on any atom is -0.388 e. The van der Waals surface area contributed by atoms with Crippen molar-refractivity contribution in [3.63, 3.8) is 0 Å². The number of carbonyl (C=O) groups is 1. The van der Waals surface area contributed by atoms with E-state index < -0.39 is 0 Å². The summed E-state index contributed by atoms with van der Waals surface area (Å²) in [5.74, 6) is 0.423. The highest BCUT2D eigenvalue weighted by molar-refractivity contribution is 5.77. The van der Waals surface area contributed by atoms with Crippen LogP contribution in [0.3, 0.4) is 0 Å². The summed E-state index contributed by atoms with van der Waals surface area (Å²) in [6.45, 7) is 1.58. The van der Waals surface area contributed by atoms with Crippen molar-refractivity contribution in [2.75, 3.05) is 7.05 Å². The Kier molecular flexibility index (Phi) is 15.9. The highest BCUT2D eigenvalue weighted by Crippen LogP contribution is 1.99. The Morgan fingerprint density at radius 1 is 0.944 bits per heavy atom. The number of carbonyl (C=O) groups excluding carboxylic acids is 1. The number of unbranched alkanes of at least 4 members (excludes halogenated alkanes) is 1. The van der Waals surface area contributed by atoms with Crippen LogP contribution >= 0.6 is 0 Å². The number of nitrogens with two attached hydrogens (primary N) is 2. The number of amidine groups is 1. The van der Waals surface area contributed by atoms with Crippen LogP contribution in [0.2, 0.25) is 0 Å². The summed E-state index contributed by atoms with van der Waals surface area (Å²) in [5.41, 5.74) is 9.61. The third-order valence-corrected chi connectivity index (χ3v) is 1.89. The van der Waals surface area contributed by atoms with E-state index in [9.17, 15) is 4.79 Å². The van der Waals surface area contributed by atoms with Crippen molar-refractivity contribution >= 4 is 11.6 Å². The number of nitrogens with one attached hydrogen (secondary N) is 1. The molecule has 0 aromatic heterocycles. The molecule has 18 heavy (non-hydrogen) atoms. The van der Waals surface area contributed by atoms with E-state index in [0.717, 1.165) is 12.8 Å².